The molecule has 4 heteroatoms. The molecule has 0 heterocycles. The van der Waals surface area contributed by atoms with Crippen LogP contribution in [0.2, 0.25) is 5.02 Å². The van der Waals surface area contributed by atoms with Crippen LogP contribution in [0.15, 0.2) is 22.7 Å². The van der Waals surface area contributed by atoms with Crippen molar-refractivity contribution in [1.82, 2.24) is 0 Å². The monoisotopic (exact) mass is 290 g/mol. The van der Waals surface area contributed by atoms with Crippen LogP contribution in [-0.2, 0) is 11.2 Å². The maximum Gasteiger partial charge on any atom is 0.303 e. The molecule has 0 fully saturated rings. The van der Waals surface area contributed by atoms with Gasteiger partial charge in [0.05, 0.1) is 0 Å². The van der Waals surface area contributed by atoms with Crippen LogP contribution >= 0.6 is 27.5 Å². The summed E-state index contributed by atoms with van der Waals surface area (Å²) < 4.78 is 0.960. The van der Waals surface area contributed by atoms with Crippen LogP contribution in [0.1, 0.15) is 24.8 Å². The van der Waals surface area contributed by atoms with Crippen LogP contribution in [0.5, 0.6) is 0 Å². The summed E-state index contributed by atoms with van der Waals surface area (Å²) in [6, 6.07) is 5.76. The van der Waals surface area contributed by atoms with Gasteiger partial charge in [0.15, 0.2) is 0 Å². The van der Waals surface area contributed by atoms with Crippen LogP contribution in [0.4, 0.5) is 0 Å². The highest BCUT2D eigenvalue weighted by Gasteiger charge is 2.02. The van der Waals surface area contributed by atoms with Crippen molar-refractivity contribution in [2.24, 2.45) is 0 Å². The predicted octanol–water partition coefficient (Wildman–Crippen LogP) is 3.90. The average Bonchev–Trinajstić information content (AvgIpc) is 2.14. The summed E-state index contributed by atoms with van der Waals surface area (Å²) >= 11 is 9.36. The summed E-state index contributed by atoms with van der Waals surface area (Å²) in [6.45, 7) is 0. The molecular weight excluding hydrogens is 279 g/mol. The predicted molar refractivity (Wildman–Crippen MR) is 64.3 cm³/mol. The first-order chi connectivity index (χ1) is 7.09. The molecule has 0 aliphatic rings. The minimum Gasteiger partial charge on any atom is -0.481 e. The lowest BCUT2D eigenvalue weighted by molar-refractivity contribution is -0.137. The maximum atomic E-state index is 10.3. The number of benzene rings is 1. The number of halogens is 2. The topological polar surface area (TPSA) is 37.3 Å². The molecule has 15 heavy (non-hydrogen) atoms. The molecule has 0 saturated carbocycles. The van der Waals surface area contributed by atoms with Gasteiger partial charge in [-0.05, 0) is 37.0 Å². The quantitative estimate of drug-likeness (QED) is 0.835. The Hall–Kier alpha value is -0.540. The van der Waals surface area contributed by atoms with E-state index in [-0.39, 0.29) is 6.42 Å². The molecule has 82 valence electrons. The van der Waals surface area contributed by atoms with Crippen LogP contribution < -0.4 is 0 Å². The highest BCUT2D eigenvalue weighted by molar-refractivity contribution is 9.10. The van der Waals surface area contributed by atoms with E-state index in [0.717, 1.165) is 27.9 Å². The standard InChI is InChI=1S/C11H12BrClO2/c12-9-6-5-8(10(13)7-9)3-1-2-4-11(14)15/h5-7H,1-4H2,(H,14,15). The number of carboxylic acids is 1. The van der Waals surface area contributed by atoms with E-state index in [1.807, 2.05) is 18.2 Å². The molecule has 0 unspecified atom stereocenters. The van der Waals surface area contributed by atoms with Crippen molar-refractivity contribution >= 4 is 33.5 Å². The summed E-state index contributed by atoms with van der Waals surface area (Å²) in [5.74, 6) is -0.739. The molecule has 2 nitrogen and oxygen atoms in total. The zero-order valence-corrected chi connectivity index (χ0v) is 10.5. The zero-order valence-electron chi connectivity index (χ0n) is 8.17. The fourth-order valence-electron chi connectivity index (χ4n) is 1.32. The molecule has 0 bridgehead atoms. The first-order valence-corrected chi connectivity index (χ1v) is 5.92. The Morgan fingerprint density at radius 1 is 1.40 bits per heavy atom. The number of rotatable bonds is 5. The molecular formula is C11H12BrClO2. The van der Waals surface area contributed by atoms with Crippen molar-refractivity contribution in [2.75, 3.05) is 0 Å². The SMILES string of the molecule is O=C(O)CCCCc1ccc(Br)cc1Cl. The summed E-state index contributed by atoms with van der Waals surface area (Å²) in [7, 11) is 0. The molecule has 0 aliphatic heterocycles. The number of carbonyl (C=O) groups is 1. The Morgan fingerprint density at radius 3 is 2.73 bits per heavy atom. The minimum atomic E-state index is -0.739. The lowest BCUT2D eigenvalue weighted by atomic mass is 10.1. The van der Waals surface area contributed by atoms with Gasteiger partial charge in [0.1, 0.15) is 0 Å². The molecule has 0 aliphatic carbocycles. The third-order valence-electron chi connectivity index (χ3n) is 2.10. The fraction of sp³-hybridized carbons (Fsp3) is 0.364. The minimum absolute atomic E-state index is 0.230. The van der Waals surface area contributed by atoms with Gasteiger partial charge in [0.25, 0.3) is 0 Å². The molecule has 1 N–H and O–H groups in total. The summed E-state index contributed by atoms with van der Waals surface area (Å²) in [5.41, 5.74) is 1.07. The lowest BCUT2D eigenvalue weighted by Gasteiger charge is -2.03. The van der Waals surface area contributed by atoms with Gasteiger partial charge in [-0.3, -0.25) is 4.79 Å². The second-order valence-electron chi connectivity index (χ2n) is 3.34. The van der Waals surface area contributed by atoms with Gasteiger partial charge in [-0.2, -0.15) is 0 Å². The molecule has 0 spiro atoms. The fourth-order valence-corrected chi connectivity index (χ4v) is 2.08. The highest BCUT2D eigenvalue weighted by Crippen LogP contribution is 2.22. The molecule has 0 atom stereocenters. The van der Waals surface area contributed by atoms with Crippen molar-refractivity contribution in [3.63, 3.8) is 0 Å². The van der Waals surface area contributed by atoms with E-state index in [0.29, 0.717) is 6.42 Å². The lowest BCUT2D eigenvalue weighted by Crippen LogP contribution is -1.95. The smallest absolute Gasteiger partial charge is 0.303 e. The van der Waals surface area contributed by atoms with Crippen LogP contribution in [0.3, 0.4) is 0 Å². The Bertz CT molecular complexity index is 352. The van der Waals surface area contributed by atoms with Crippen LogP contribution in [-0.4, -0.2) is 11.1 Å². The molecule has 0 saturated heterocycles. The Labute approximate surface area is 102 Å². The second kappa shape index (κ2) is 6.13. The number of unbranched alkanes of at least 4 members (excludes halogenated alkanes) is 1. The molecule has 0 aromatic heterocycles. The van der Waals surface area contributed by atoms with E-state index >= 15 is 0 Å². The molecule has 0 amide bonds. The third kappa shape index (κ3) is 4.67. The summed E-state index contributed by atoms with van der Waals surface area (Å²) in [4.78, 5) is 10.3. The van der Waals surface area contributed by atoms with Crippen molar-refractivity contribution in [2.45, 2.75) is 25.7 Å². The average molecular weight is 292 g/mol. The number of aliphatic carboxylic acids is 1. The molecule has 1 rings (SSSR count). The van der Waals surface area contributed by atoms with Gasteiger partial charge in [-0.1, -0.05) is 33.6 Å². The van der Waals surface area contributed by atoms with Gasteiger partial charge in [-0.25, -0.2) is 0 Å². The Morgan fingerprint density at radius 2 is 2.13 bits per heavy atom. The zero-order chi connectivity index (χ0) is 11.3. The second-order valence-corrected chi connectivity index (χ2v) is 4.66. The van der Waals surface area contributed by atoms with Gasteiger partial charge < -0.3 is 5.11 Å². The largest absolute Gasteiger partial charge is 0.481 e. The first-order valence-electron chi connectivity index (χ1n) is 4.75. The van der Waals surface area contributed by atoms with Crippen LogP contribution in [0.25, 0.3) is 0 Å². The van der Waals surface area contributed by atoms with Gasteiger partial charge in [0.2, 0.25) is 0 Å². The van der Waals surface area contributed by atoms with E-state index in [9.17, 15) is 4.79 Å². The Kier molecular flexibility index (Phi) is 5.12. The van der Waals surface area contributed by atoms with Crippen molar-refractivity contribution in [3.05, 3.63) is 33.3 Å². The summed E-state index contributed by atoms with van der Waals surface area (Å²) in [5, 5.41) is 9.21. The van der Waals surface area contributed by atoms with E-state index in [4.69, 9.17) is 16.7 Å². The normalized spacial score (nSPS) is 10.3. The van der Waals surface area contributed by atoms with Gasteiger partial charge >= 0.3 is 5.97 Å². The third-order valence-corrected chi connectivity index (χ3v) is 2.95. The number of carboxylic acid groups (broad SMARTS) is 1. The van der Waals surface area contributed by atoms with Gasteiger partial charge in [0, 0.05) is 15.9 Å². The van der Waals surface area contributed by atoms with Gasteiger partial charge in [-0.15, -0.1) is 0 Å². The Balaban J connectivity index is 2.40. The number of hydrogen-bond acceptors (Lipinski definition) is 1. The van der Waals surface area contributed by atoms with E-state index in [2.05, 4.69) is 15.9 Å². The number of hydrogen-bond donors (Lipinski definition) is 1. The number of aryl methyl sites for hydroxylation is 1. The highest BCUT2D eigenvalue weighted by atomic mass is 79.9. The van der Waals surface area contributed by atoms with E-state index in [1.54, 1.807) is 0 Å². The molecule has 1 aromatic rings. The summed E-state index contributed by atoms with van der Waals surface area (Å²) in [6.07, 6.45) is 2.61. The van der Waals surface area contributed by atoms with Crippen molar-refractivity contribution in [3.8, 4) is 0 Å². The van der Waals surface area contributed by atoms with Crippen molar-refractivity contribution in [1.29, 1.82) is 0 Å². The first kappa shape index (κ1) is 12.5. The van der Waals surface area contributed by atoms with E-state index in [1.165, 1.54) is 0 Å². The van der Waals surface area contributed by atoms with Crippen LogP contribution in [0, 0.1) is 0 Å². The van der Waals surface area contributed by atoms with E-state index < -0.39 is 5.97 Å². The maximum absolute atomic E-state index is 10.3. The van der Waals surface area contributed by atoms with Crippen molar-refractivity contribution < 1.29 is 9.90 Å². The molecule has 0 radical (unpaired) electrons. The molecule has 1 aromatic carbocycles.